The summed E-state index contributed by atoms with van der Waals surface area (Å²) in [4.78, 5) is 24.2. The molecule has 8 heteroatoms. The molecule has 7 nitrogen and oxygen atoms in total. The van der Waals surface area contributed by atoms with E-state index in [0.29, 0.717) is 0 Å². The molecule has 110 valence electrons. The molecular weight excluding hydrogens is 298 g/mol. The van der Waals surface area contributed by atoms with Crippen molar-refractivity contribution in [1.82, 2.24) is 4.31 Å². The molecule has 1 aromatic carbocycles. The van der Waals surface area contributed by atoms with Crippen LogP contribution < -0.4 is 0 Å². The number of carbonyl (C=O) groups excluding carboxylic acids is 2. The molecule has 0 aromatic heterocycles. The quantitative estimate of drug-likeness (QED) is 0.720. The van der Waals surface area contributed by atoms with Crippen molar-refractivity contribution in [3.63, 3.8) is 0 Å². The van der Waals surface area contributed by atoms with Gasteiger partial charge < -0.3 is 9.47 Å². The van der Waals surface area contributed by atoms with E-state index in [1.165, 1.54) is 12.1 Å². The summed E-state index contributed by atoms with van der Waals surface area (Å²) < 4.78 is 36.4. The van der Waals surface area contributed by atoms with Gasteiger partial charge >= 0.3 is 0 Å². The van der Waals surface area contributed by atoms with Gasteiger partial charge in [-0.1, -0.05) is 12.1 Å². The van der Waals surface area contributed by atoms with Crippen LogP contribution in [0, 0.1) is 0 Å². The molecule has 2 bridgehead atoms. The molecule has 4 rings (SSSR count). The number of fused-ring (bicyclic) bond motifs is 3. The zero-order valence-electron chi connectivity index (χ0n) is 10.8. The van der Waals surface area contributed by atoms with Crippen LogP contribution in [0.3, 0.4) is 0 Å². The Morgan fingerprint density at radius 2 is 1.95 bits per heavy atom. The fourth-order valence-electron chi connectivity index (χ4n) is 2.99. The average Bonchev–Trinajstić information content (AvgIpc) is 2.97. The Bertz CT molecular complexity index is 758. The van der Waals surface area contributed by atoms with Gasteiger partial charge in [-0.15, -0.1) is 0 Å². The monoisotopic (exact) mass is 309 g/mol. The predicted molar refractivity (Wildman–Crippen MR) is 67.8 cm³/mol. The van der Waals surface area contributed by atoms with Crippen LogP contribution in [0.1, 0.15) is 16.8 Å². The lowest BCUT2D eigenvalue weighted by Crippen LogP contribution is -2.52. The van der Waals surface area contributed by atoms with Crippen LogP contribution >= 0.6 is 0 Å². The van der Waals surface area contributed by atoms with Crippen molar-refractivity contribution in [2.45, 2.75) is 29.8 Å². The third kappa shape index (κ3) is 1.63. The highest BCUT2D eigenvalue weighted by Crippen LogP contribution is 2.37. The fourth-order valence-corrected chi connectivity index (χ4v) is 4.77. The summed E-state index contributed by atoms with van der Waals surface area (Å²) >= 11 is 0. The van der Waals surface area contributed by atoms with Gasteiger partial charge in [0.25, 0.3) is 15.9 Å². The van der Waals surface area contributed by atoms with Gasteiger partial charge in [-0.3, -0.25) is 9.59 Å². The third-order valence-electron chi connectivity index (χ3n) is 3.97. The minimum atomic E-state index is -3.95. The average molecular weight is 309 g/mol. The lowest BCUT2D eigenvalue weighted by molar-refractivity contribution is -0.155. The summed E-state index contributed by atoms with van der Waals surface area (Å²) in [5.74, 6) is -0.954. The summed E-state index contributed by atoms with van der Waals surface area (Å²) in [5.41, 5.74) is 0.131. The van der Waals surface area contributed by atoms with Crippen LogP contribution in [-0.2, 0) is 24.3 Å². The first-order valence-electron chi connectivity index (χ1n) is 6.48. The smallest absolute Gasteiger partial charge is 0.269 e. The van der Waals surface area contributed by atoms with Crippen LogP contribution in [-0.4, -0.2) is 49.5 Å². The lowest BCUT2D eigenvalue weighted by Gasteiger charge is -2.32. The number of carbonyl (C=O) groups is 2. The molecule has 3 aliphatic rings. The van der Waals surface area contributed by atoms with E-state index < -0.39 is 34.4 Å². The van der Waals surface area contributed by atoms with Gasteiger partial charge in [0.05, 0.1) is 18.2 Å². The molecule has 2 saturated heterocycles. The summed E-state index contributed by atoms with van der Waals surface area (Å²) in [6, 6.07) is 5.18. The highest BCUT2D eigenvalue weighted by atomic mass is 32.2. The number of nitrogens with zero attached hydrogens (tertiary/aromatic N) is 1. The largest absolute Gasteiger partial charge is 0.343 e. The Morgan fingerprint density at radius 1 is 1.19 bits per heavy atom. The van der Waals surface area contributed by atoms with Crippen LogP contribution in [0.4, 0.5) is 0 Å². The van der Waals surface area contributed by atoms with Crippen molar-refractivity contribution < 1.29 is 27.5 Å². The summed E-state index contributed by atoms with van der Waals surface area (Å²) in [6.07, 6.45) is -1.59. The maximum atomic E-state index is 12.6. The molecule has 0 saturated carbocycles. The van der Waals surface area contributed by atoms with E-state index in [9.17, 15) is 18.0 Å². The zero-order valence-corrected chi connectivity index (χ0v) is 11.6. The number of benzene rings is 1. The molecule has 3 heterocycles. The molecule has 1 amide bonds. The minimum absolute atomic E-state index is 0.0245. The number of hydrogen-bond donors (Lipinski definition) is 0. The first kappa shape index (κ1) is 12.9. The van der Waals surface area contributed by atoms with Crippen molar-refractivity contribution in [1.29, 1.82) is 0 Å². The van der Waals surface area contributed by atoms with Crippen molar-refractivity contribution >= 4 is 21.7 Å². The molecule has 3 aliphatic heterocycles. The van der Waals surface area contributed by atoms with Gasteiger partial charge in [-0.25, -0.2) is 12.7 Å². The zero-order chi connectivity index (χ0) is 14.8. The highest BCUT2D eigenvalue weighted by Gasteiger charge is 2.53. The maximum absolute atomic E-state index is 12.6. The van der Waals surface area contributed by atoms with Gasteiger partial charge in [0.15, 0.2) is 5.78 Å². The van der Waals surface area contributed by atoms with E-state index >= 15 is 0 Å². The molecule has 0 spiro atoms. The van der Waals surface area contributed by atoms with E-state index in [4.69, 9.17) is 9.47 Å². The number of hydrogen-bond acceptors (Lipinski definition) is 6. The van der Waals surface area contributed by atoms with Gasteiger partial charge in [0.2, 0.25) is 6.29 Å². The molecule has 2 fully saturated rings. The molecule has 21 heavy (non-hydrogen) atoms. The number of amides is 1. The standard InChI is InChI=1S/C13H11NO6S/c15-9-5-8(10-6-19-13(9)20-10)14-12(16)7-3-1-2-4-11(7)21(14,17)18/h1-4,8,10,13H,5-6H2/t8-,10?,13+/m1/s1. The Hall–Kier alpha value is -1.77. The van der Waals surface area contributed by atoms with Crippen LogP contribution in [0.25, 0.3) is 0 Å². The summed E-state index contributed by atoms with van der Waals surface area (Å²) in [5, 5.41) is 0. The number of sulfonamides is 1. The van der Waals surface area contributed by atoms with Crippen molar-refractivity contribution in [3.05, 3.63) is 29.8 Å². The second-order valence-corrected chi connectivity index (χ2v) is 6.96. The second-order valence-electron chi connectivity index (χ2n) is 5.18. The van der Waals surface area contributed by atoms with Crippen LogP contribution in [0.2, 0.25) is 0 Å². The number of ketones is 1. The molecule has 1 unspecified atom stereocenters. The Labute approximate surface area is 120 Å². The SMILES string of the molecule is O=C1C[C@@H](N2C(=O)c3ccccc3S2(=O)=O)C2CO[C@H]1O2. The number of rotatable bonds is 1. The van der Waals surface area contributed by atoms with E-state index in [1.807, 2.05) is 0 Å². The highest BCUT2D eigenvalue weighted by molar-refractivity contribution is 7.90. The predicted octanol–water partition coefficient (Wildman–Crippen LogP) is -0.0860. The minimum Gasteiger partial charge on any atom is -0.343 e. The maximum Gasteiger partial charge on any atom is 0.269 e. The van der Waals surface area contributed by atoms with E-state index in [2.05, 4.69) is 0 Å². The van der Waals surface area contributed by atoms with Crippen molar-refractivity contribution in [2.75, 3.05) is 6.61 Å². The Morgan fingerprint density at radius 3 is 2.71 bits per heavy atom. The topological polar surface area (TPSA) is 90.0 Å². The second kappa shape index (κ2) is 4.12. The normalized spacial score (nSPS) is 33.3. The molecule has 0 N–H and O–H groups in total. The third-order valence-corrected chi connectivity index (χ3v) is 5.83. The van der Waals surface area contributed by atoms with Gasteiger partial charge in [-0.2, -0.15) is 0 Å². The van der Waals surface area contributed by atoms with E-state index in [1.54, 1.807) is 12.1 Å². The molecule has 3 atom stereocenters. The summed E-state index contributed by atoms with van der Waals surface area (Å²) in [7, 11) is -3.95. The van der Waals surface area contributed by atoms with Crippen molar-refractivity contribution in [2.24, 2.45) is 0 Å². The number of ether oxygens (including phenoxy) is 2. The first-order chi connectivity index (χ1) is 10.00. The van der Waals surface area contributed by atoms with Gasteiger partial charge in [0, 0.05) is 6.42 Å². The van der Waals surface area contributed by atoms with Crippen LogP contribution in [0.15, 0.2) is 29.2 Å². The van der Waals surface area contributed by atoms with E-state index in [-0.39, 0.29) is 29.3 Å². The first-order valence-corrected chi connectivity index (χ1v) is 7.92. The van der Waals surface area contributed by atoms with E-state index in [0.717, 1.165) is 4.31 Å². The summed E-state index contributed by atoms with van der Waals surface area (Å²) in [6.45, 7) is 0.108. The Kier molecular flexibility index (Phi) is 2.54. The van der Waals surface area contributed by atoms with Crippen molar-refractivity contribution in [3.8, 4) is 0 Å². The fraction of sp³-hybridized carbons (Fsp3) is 0.385. The number of Topliss-reactive ketones (excluding diaryl/α,β-unsaturated/α-hetero) is 1. The molecular formula is C13H11NO6S. The molecule has 0 radical (unpaired) electrons. The van der Waals surface area contributed by atoms with Gasteiger partial charge in [0.1, 0.15) is 11.0 Å². The Balaban J connectivity index is 1.80. The molecule has 1 aromatic rings. The van der Waals surface area contributed by atoms with Gasteiger partial charge in [-0.05, 0) is 12.1 Å². The van der Waals surface area contributed by atoms with Crippen LogP contribution in [0.5, 0.6) is 0 Å². The molecule has 0 aliphatic carbocycles. The lowest BCUT2D eigenvalue weighted by atomic mass is 10.0.